The first-order valence-corrected chi connectivity index (χ1v) is 12.8. The molecular weight excluding hydrogens is 388 g/mol. The highest BCUT2D eigenvalue weighted by atomic mass is 16.5. The SMILES string of the molecule is CCCCCCCCCCCCCCCCOC[C@H](OCc1ccccc1)[C@@H](O)CO. The predicted octanol–water partition coefficient (Wildman–Crippen LogP) is 6.42. The Kier molecular flexibility index (Phi) is 19.0. The molecule has 0 aliphatic heterocycles. The first-order valence-electron chi connectivity index (χ1n) is 12.8. The second-order valence-corrected chi connectivity index (χ2v) is 8.76. The first-order chi connectivity index (χ1) is 15.3. The molecule has 4 nitrogen and oxygen atoms in total. The van der Waals surface area contributed by atoms with E-state index in [9.17, 15) is 10.2 Å². The highest BCUT2D eigenvalue weighted by Crippen LogP contribution is 2.13. The largest absolute Gasteiger partial charge is 0.394 e. The third-order valence-electron chi connectivity index (χ3n) is 5.85. The molecule has 0 fully saturated rings. The van der Waals surface area contributed by atoms with Crippen molar-refractivity contribution in [2.45, 2.75) is 116 Å². The van der Waals surface area contributed by atoms with Gasteiger partial charge in [-0.25, -0.2) is 0 Å². The topological polar surface area (TPSA) is 58.9 Å². The maximum absolute atomic E-state index is 9.97. The van der Waals surface area contributed by atoms with E-state index in [4.69, 9.17) is 9.47 Å². The number of unbranched alkanes of at least 4 members (excludes halogenated alkanes) is 13. The fourth-order valence-corrected chi connectivity index (χ4v) is 3.76. The van der Waals surface area contributed by atoms with Crippen LogP contribution in [0.25, 0.3) is 0 Å². The Bertz CT molecular complexity index is 479. The van der Waals surface area contributed by atoms with E-state index in [1.54, 1.807) is 0 Å². The van der Waals surface area contributed by atoms with Crippen LogP contribution in [0.15, 0.2) is 30.3 Å². The molecule has 0 saturated carbocycles. The van der Waals surface area contributed by atoms with Crippen molar-refractivity contribution < 1.29 is 19.7 Å². The van der Waals surface area contributed by atoms with Gasteiger partial charge in [-0.3, -0.25) is 0 Å². The smallest absolute Gasteiger partial charge is 0.109 e. The van der Waals surface area contributed by atoms with Gasteiger partial charge in [-0.1, -0.05) is 121 Å². The van der Waals surface area contributed by atoms with Crippen LogP contribution in [0.2, 0.25) is 0 Å². The Morgan fingerprint density at radius 3 is 1.77 bits per heavy atom. The van der Waals surface area contributed by atoms with E-state index >= 15 is 0 Å². The van der Waals surface area contributed by atoms with Gasteiger partial charge in [0.15, 0.2) is 0 Å². The summed E-state index contributed by atoms with van der Waals surface area (Å²) in [6, 6.07) is 9.85. The van der Waals surface area contributed by atoms with Gasteiger partial charge in [0.1, 0.15) is 12.2 Å². The Morgan fingerprint density at radius 2 is 1.26 bits per heavy atom. The number of hydrogen-bond donors (Lipinski definition) is 2. The van der Waals surface area contributed by atoms with Crippen LogP contribution in [-0.4, -0.2) is 42.2 Å². The molecule has 31 heavy (non-hydrogen) atoms. The van der Waals surface area contributed by atoms with E-state index in [2.05, 4.69) is 6.92 Å². The summed E-state index contributed by atoms with van der Waals surface area (Å²) < 4.78 is 11.5. The lowest BCUT2D eigenvalue weighted by Gasteiger charge is -2.22. The number of hydrogen-bond acceptors (Lipinski definition) is 4. The van der Waals surface area contributed by atoms with Gasteiger partial charge in [-0.2, -0.15) is 0 Å². The third kappa shape index (κ3) is 16.4. The van der Waals surface area contributed by atoms with Crippen molar-refractivity contribution in [2.75, 3.05) is 19.8 Å². The minimum absolute atomic E-state index is 0.313. The molecule has 0 saturated heterocycles. The summed E-state index contributed by atoms with van der Waals surface area (Å²) in [6.07, 6.45) is 17.4. The average Bonchev–Trinajstić information content (AvgIpc) is 2.80. The van der Waals surface area contributed by atoms with Crippen LogP contribution in [0.4, 0.5) is 0 Å². The summed E-state index contributed by atoms with van der Waals surface area (Å²) in [5.74, 6) is 0. The van der Waals surface area contributed by atoms with Crippen molar-refractivity contribution in [2.24, 2.45) is 0 Å². The van der Waals surface area contributed by atoms with Gasteiger partial charge in [0.25, 0.3) is 0 Å². The molecule has 180 valence electrons. The number of ether oxygens (including phenoxy) is 2. The lowest BCUT2D eigenvalue weighted by molar-refractivity contribution is -0.0994. The Balaban J connectivity index is 1.93. The molecule has 0 aliphatic rings. The van der Waals surface area contributed by atoms with Crippen LogP contribution in [-0.2, 0) is 16.1 Å². The van der Waals surface area contributed by atoms with Crippen molar-refractivity contribution in [3.8, 4) is 0 Å². The summed E-state index contributed by atoms with van der Waals surface area (Å²) >= 11 is 0. The summed E-state index contributed by atoms with van der Waals surface area (Å²) in [7, 11) is 0. The minimum Gasteiger partial charge on any atom is -0.394 e. The summed E-state index contributed by atoms with van der Waals surface area (Å²) in [5.41, 5.74) is 1.05. The standard InChI is InChI=1S/C27H48O4/c1-2-3-4-5-6-7-8-9-10-11-12-13-14-18-21-30-24-27(26(29)22-28)31-23-25-19-16-15-17-20-25/h15-17,19-20,26-29H,2-14,18,21-24H2,1H3/t26-,27-/m0/s1. The number of benzene rings is 1. The van der Waals surface area contributed by atoms with E-state index in [-0.39, 0.29) is 6.61 Å². The number of aliphatic hydroxyl groups excluding tert-OH is 2. The van der Waals surface area contributed by atoms with Gasteiger partial charge >= 0.3 is 0 Å². The Morgan fingerprint density at radius 1 is 0.742 bits per heavy atom. The third-order valence-corrected chi connectivity index (χ3v) is 5.85. The molecule has 2 N–H and O–H groups in total. The summed E-state index contributed by atoms with van der Waals surface area (Å²) in [6.45, 7) is 3.36. The zero-order valence-corrected chi connectivity index (χ0v) is 20.0. The van der Waals surface area contributed by atoms with E-state index in [1.807, 2.05) is 30.3 Å². The molecule has 0 bridgehead atoms. The minimum atomic E-state index is -0.917. The maximum Gasteiger partial charge on any atom is 0.109 e. The molecule has 0 aliphatic carbocycles. The van der Waals surface area contributed by atoms with Crippen molar-refractivity contribution >= 4 is 0 Å². The molecule has 1 aromatic rings. The van der Waals surface area contributed by atoms with Crippen molar-refractivity contribution in [3.05, 3.63) is 35.9 Å². The Hall–Kier alpha value is -0.940. The Labute approximate surface area is 191 Å². The van der Waals surface area contributed by atoms with Gasteiger partial charge in [0.05, 0.1) is 19.8 Å². The van der Waals surface area contributed by atoms with Crippen LogP contribution in [0.5, 0.6) is 0 Å². The molecule has 1 aromatic carbocycles. The molecule has 0 radical (unpaired) electrons. The van der Waals surface area contributed by atoms with Gasteiger partial charge in [-0.15, -0.1) is 0 Å². The molecule has 4 heteroatoms. The molecule has 0 aromatic heterocycles. The average molecular weight is 437 g/mol. The van der Waals surface area contributed by atoms with Gasteiger partial charge in [-0.05, 0) is 12.0 Å². The van der Waals surface area contributed by atoms with Crippen LogP contribution < -0.4 is 0 Å². The summed E-state index contributed by atoms with van der Waals surface area (Å²) in [5, 5.41) is 19.2. The lowest BCUT2D eigenvalue weighted by Crippen LogP contribution is -2.36. The van der Waals surface area contributed by atoms with Crippen LogP contribution in [0, 0.1) is 0 Å². The van der Waals surface area contributed by atoms with Crippen molar-refractivity contribution in [1.29, 1.82) is 0 Å². The fraction of sp³-hybridized carbons (Fsp3) is 0.778. The molecule has 2 atom stereocenters. The van der Waals surface area contributed by atoms with E-state index in [1.165, 1.54) is 83.5 Å². The van der Waals surface area contributed by atoms with Crippen molar-refractivity contribution in [1.82, 2.24) is 0 Å². The molecule has 0 heterocycles. The van der Waals surface area contributed by atoms with Crippen LogP contribution in [0.1, 0.15) is 102 Å². The van der Waals surface area contributed by atoms with Gasteiger partial charge < -0.3 is 19.7 Å². The quantitative estimate of drug-likeness (QED) is 0.206. The molecule has 0 unspecified atom stereocenters. The van der Waals surface area contributed by atoms with Crippen molar-refractivity contribution in [3.63, 3.8) is 0 Å². The number of aliphatic hydroxyl groups is 2. The second kappa shape index (κ2) is 20.9. The lowest BCUT2D eigenvalue weighted by atomic mass is 10.0. The zero-order valence-electron chi connectivity index (χ0n) is 20.0. The highest BCUT2D eigenvalue weighted by Gasteiger charge is 2.19. The van der Waals surface area contributed by atoms with Crippen LogP contribution in [0.3, 0.4) is 0 Å². The van der Waals surface area contributed by atoms with E-state index in [0.29, 0.717) is 19.8 Å². The van der Waals surface area contributed by atoms with E-state index < -0.39 is 12.2 Å². The monoisotopic (exact) mass is 436 g/mol. The number of rotatable bonds is 22. The highest BCUT2D eigenvalue weighted by molar-refractivity contribution is 5.13. The first kappa shape index (κ1) is 28.1. The predicted molar refractivity (Wildman–Crippen MR) is 129 cm³/mol. The summed E-state index contributed by atoms with van der Waals surface area (Å²) in [4.78, 5) is 0. The van der Waals surface area contributed by atoms with Gasteiger partial charge in [0.2, 0.25) is 0 Å². The molecule has 1 rings (SSSR count). The molecule has 0 spiro atoms. The second-order valence-electron chi connectivity index (χ2n) is 8.76. The van der Waals surface area contributed by atoms with E-state index in [0.717, 1.165) is 12.0 Å². The fourth-order valence-electron chi connectivity index (χ4n) is 3.76. The molecule has 0 amide bonds. The maximum atomic E-state index is 9.97. The van der Waals surface area contributed by atoms with Crippen LogP contribution >= 0.6 is 0 Å². The zero-order chi connectivity index (χ0) is 22.4. The molecular formula is C27H48O4. The normalized spacial score (nSPS) is 13.4. The van der Waals surface area contributed by atoms with Gasteiger partial charge in [0, 0.05) is 6.61 Å².